The van der Waals surface area contributed by atoms with Gasteiger partial charge in [-0.15, -0.1) is 0 Å². The van der Waals surface area contributed by atoms with E-state index >= 15 is 0 Å². The molecule has 0 saturated heterocycles. The Morgan fingerprint density at radius 3 is 1.37 bits per heavy atom. The SMILES string of the molecule is CC1(C)c2cc(-c3nc(-c4cccc(-n5c6ccccc6c6c7ccn(-c8ccccc8)c7ccc65)c4)nc4ccccc34)ccc2C2C=CC=CC21.c1ccc(-n2ccc3c4c5ccccc5n(-c5cccc(-c6nc(-c7cccc8ccccc78)c7ccccc7n6)c5)c4ccc32)cc1. The molecular formula is C93H64N8. The second-order valence-electron chi connectivity index (χ2n) is 27.3. The fourth-order valence-electron chi connectivity index (χ4n) is 16.7. The predicted octanol–water partition coefficient (Wildman–Crippen LogP) is 23.3. The fourth-order valence-corrected chi connectivity index (χ4v) is 16.7. The summed E-state index contributed by atoms with van der Waals surface area (Å²) in [6.07, 6.45) is 13.5. The normalized spacial score (nSPS) is 14.6. The van der Waals surface area contributed by atoms with E-state index in [1.54, 1.807) is 0 Å². The Kier molecular flexibility index (Phi) is 13.3. The van der Waals surface area contributed by atoms with Crippen LogP contribution in [0.5, 0.6) is 0 Å². The van der Waals surface area contributed by atoms with E-state index in [4.69, 9.17) is 19.9 Å². The van der Waals surface area contributed by atoms with Crippen molar-refractivity contribution in [3.8, 4) is 68.0 Å². The number of hydrogen-bond acceptors (Lipinski definition) is 4. The highest BCUT2D eigenvalue weighted by atomic mass is 15.0. The van der Waals surface area contributed by atoms with Crippen LogP contribution >= 0.6 is 0 Å². The lowest BCUT2D eigenvalue weighted by atomic mass is 9.74. The van der Waals surface area contributed by atoms with Gasteiger partial charge in [-0.2, -0.15) is 0 Å². The minimum Gasteiger partial charge on any atom is -0.317 e. The molecule has 2 unspecified atom stereocenters. The lowest BCUT2D eigenvalue weighted by Gasteiger charge is -2.29. The lowest BCUT2D eigenvalue weighted by Crippen LogP contribution is -2.24. The maximum absolute atomic E-state index is 5.37. The lowest BCUT2D eigenvalue weighted by molar-refractivity contribution is 0.394. The Hall–Kier alpha value is -13.0. The standard InChI is InChI=1S/C49H36N4.C44H28N4/c1-49(2)40-20-9-6-17-35(40)36-24-23-31(30-41(36)49)47-37-18-7-10-21-42(37)50-48(51-47)32-13-12-16-34(29-32)53-44-22-11-8-19-38(44)46-39-27-28-52(33-14-4-3-5-15-33)43(39)25-26-45(46)53;1-2-15-31(16-3-1)47-27-26-37-39(47)24-25-41-42(37)36-20-7-9-23-40(36)48(41)32-17-10-14-30(28-32)44-45-38-22-8-6-19-35(38)43(46-44)34-21-11-13-29-12-4-5-18-33(29)34/h3-30,35,40H,1-2H3;1-28H. The van der Waals surface area contributed by atoms with Crippen LogP contribution in [0.15, 0.2) is 340 Å². The number of allylic oxidation sites excluding steroid dienone is 4. The molecule has 21 rings (SSSR count). The Morgan fingerprint density at radius 2 is 0.772 bits per heavy atom. The molecule has 8 nitrogen and oxygen atoms in total. The molecule has 2 atom stereocenters. The van der Waals surface area contributed by atoms with Crippen molar-refractivity contribution in [2.75, 3.05) is 0 Å². The van der Waals surface area contributed by atoms with Crippen molar-refractivity contribution in [1.29, 1.82) is 0 Å². The third-order valence-corrected chi connectivity index (χ3v) is 21.4. The highest BCUT2D eigenvalue weighted by Gasteiger charge is 2.44. The smallest absolute Gasteiger partial charge is 0.160 e. The van der Waals surface area contributed by atoms with Crippen molar-refractivity contribution in [2.45, 2.75) is 25.2 Å². The molecule has 0 spiro atoms. The topological polar surface area (TPSA) is 71.3 Å². The predicted molar refractivity (Wildman–Crippen MR) is 418 cm³/mol. The first kappa shape index (κ1) is 58.1. The zero-order valence-corrected chi connectivity index (χ0v) is 55.6. The van der Waals surface area contributed by atoms with Gasteiger partial charge in [0.1, 0.15) is 0 Å². The number of benzene rings is 13. The van der Waals surface area contributed by atoms with Crippen LogP contribution in [0.1, 0.15) is 30.9 Å². The summed E-state index contributed by atoms with van der Waals surface area (Å²) in [5, 5.41) is 11.9. The third-order valence-electron chi connectivity index (χ3n) is 21.4. The maximum atomic E-state index is 5.37. The Labute approximate surface area is 583 Å². The summed E-state index contributed by atoms with van der Waals surface area (Å²) in [6.45, 7) is 4.77. The number of para-hydroxylation sites is 6. The van der Waals surface area contributed by atoms with E-state index in [9.17, 15) is 0 Å². The molecule has 0 amide bonds. The fraction of sp³-hybridized carbons (Fsp3) is 0.0538. The van der Waals surface area contributed by atoms with Gasteiger partial charge < -0.3 is 18.3 Å². The molecule has 0 N–H and O–H groups in total. The van der Waals surface area contributed by atoms with Crippen LogP contribution in [0.25, 0.3) is 166 Å². The number of rotatable bonds is 8. The number of hydrogen-bond donors (Lipinski definition) is 0. The Bertz CT molecular complexity index is 6630. The summed E-state index contributed by atoms with van der Waals surface area (Å²) in [6, 6.07) is 108. The van der Waals surface area contributed by atoms with E-state index in [2.05, 4.69) is 366 Å². The van der Waals surface area contributed by atoms with Gasteiger partial charge in [0.15, 0.2) is 11.6 Å². The van der Waals surface area contributed by atoms with Crippen LogP contribution in [-0.4, -0.2) is 38.2 Å². The van der Waals surface area contributed by atoms with Gasteiger partial charge in [-0.05, 0) is 148 Å². The molecule has 0 aliphatic heterocycles. The van der Waals surface area contributed by atoms with Gasteiger partial charge in [-0.3, -0.25) is 0 Å². The van der Waals surface area contributed by atoms with E-state index in [-0.39, 0.29) is 5.41 Å². The monoisotopic (exact) mass is 1290 g/mol. The van der Waals surface area contributed by atoms with Crippen molar-refractivity contribution >= 4 is 98.0 Å². The van der Waals surface area contributed by atoms with Crippen molar-refractivity contribution < 1.29 is 0 Å². The minimum absolute atomic E-state index is 0.0231. The minimum atomic E-state index is 0.0231. The molecule has 2 aliphatic rings. The van der Waals surface area contributed by atoms with Crippen LogP contribution < -0.4 is 0 Å². The Balaban J connectivity index is 0.000000136. The average Bonchev–Trinajstić information content (AvgIpc) is 1.59. The molecule has 8 heteroatoms. The van der Waals surface area contributed by atoms with E-state index in [1.807, 2.05) is 6.07 Å². The first-order valence-electron chi connectivity index (χ1n) is 34.8. The first-order chi connectivity index (χ1) is 49.9. The van der Waals surface area contributed by atoms with Gasteiger partial charge in [-0.1, -0.05) is 226 Å². The highest BCUT2D eigenvalue weighted by molar-refractivity contribution is 6.22. The maximum Gasteiger partial charge on any atom is 0.160 e. The third kappa shape index (κ3) is 9.29. The van der Waals surface area contributed by atoms with E-state index in [1.165, 1.54) is 87.3 Å². The van der Waals surface area contributed by atoms with Gasteiger partial charge in [0.2, 0.25) is 0 Å². The molecule has 476 valence electrons. The van der Waals surface area contributed by atoms with Crippen LogP contribution in [0.2, 0.25) is 0 Å². The van der Waals surface area contributed by atoms with Gasteiger partial charge in [0.05, 0.1) is 55.5 Å². The van der Waals surface area contributed by atoms with Gasteiger partial charge >= 0.3 is 0 Å². The highest BCUT2D eigenvalue weighted by Crippen LogP contribution is 2.54. The van der Waals surface area contributed by atoms with E-state index < -0.39 is 0 Å². The molecule has 0 radical (unpaired) electrons. The largest absolute Gasteiger partial charge is 0.317 e. The molecule has 13 aromatic carbocycles. The second kappa shape index (κ2) is 23.1. The molecule has 101 heavy (non-hydrogen) atoms. The summed E-state index contributed by atoms with van der Waals surface area (Å²) in [4.78, 5) is 20.9. The van der Waals surface area contributed by atoms with Crippen molar-refractivity contribution in [1.82, 2.24) is 38.2 Å². The average molecular weight is 1290 g/mol. The Morgan fingerprint density at radius 1 is 0.317 bits per heavy atom. The van der Waals surface area contributed by atoms with Gasteiger partial charge in [-0.25, -0.2) is 19.9 Å². The van der Waals surface area contributed by atoms with Crippen LogP contribution in [0.3, 0.4) is 0 Å². The van der Waals surface area contributed by atoms with Crippen molar-refractivity contribution in [3.05, 3.63) is 351 Å². The van der Waals surface area contributed by atoms with Crippen LogP contribution in [-0.2, 0) is 5.41 Å². The zero-order chi connectivity index (χ0) is 66.9. The van der Waals surface area contributed by atoms with Crippen LogP contribution in [0, 0.1) is 5.92 Å². The summed E-state index contributed by atoms with van der Waals surface area (Å²) < 4.78 is 9.31. The quantitative estimate of drug-likeness (QED) is 0.152. The molecule has 6 heterocycles. The van der Waals surface area contributed by atoms with Crippen molar-refractivity contribution in [3.63, 3.8) is 0 Å². The first-order valence-corrected chi connectivity index (χ1v) is 34.8. The van der Waals surface area contributed by atoms with E-state index in [0.717, 1.165) is 84.0 Å². The van der Waals surface area contributed by atoms with Gasteiger partial charge in [0.25, 0.3) is 0 Å². The molecule has 0 saturated carbocycles. The molecule has 6 aromatic heterocycles. The molecular weight excluding hydrogens is 1230 g/mol. The molecule has 2 aliphatic carbocycles. The number of aromatic nitrogens is 8. The second-order valence-corrected chi connectivity index (χ2v) is 27.3. The number of nitrogens with zero attached hydrogens (tertiary/aromatic N) is 8. The van der Waals surface area contributed by atoms with E-state index in [0.29, 0.717) is 17.7 Å². The molecule has 0 fully saturated rings. The summed E-state index contributed by atoms with van der Waals surface area (Å²) in [5.41, 5.74) is 22.4. The van der Waals surface area contributed by atoms with Crippen molar-refractivity contribution in [2.24, 2.45) is 5.92 Å². The summed E-state index contributed by atoms with van der Waals surface area (Å²) in [5.74, 6) is 2.31. The number of fused-ring (bicyclic) bond motifs is 16. The van der Waals surface area contributed by atoms with Crippen LogP contribution in [0.4, 0.5) is 0 Å². The molecule has 19 aromatic rings. The summed E-state index contributed by atoms with van der Waals surface area (Å²) in [7, 11) is 0. The summed E-state index contributed by atoms with van der Waals surface area (Å²) >= 11 is 0. The van der Waals surface area contributed by atoms with Gasteiger partial charge in [0, 0.05) is 106 Å². The molecule has 0 bridgehead atoms. The zero-order valence-electron chi connectivity index (χ0n) is 55.6.